The Balaban J connectivity index is 1.53. The predicted octanol–water partition coefficient (Wildman–Crippen LogP) is 5.11. The van der Waals surface area contributed by atoms with Gasteiger partial charge in [0, 0.05) is 27.4 Å². The number of urea groups is 1. The smallest absolute Gasteiger partial charge is 0.375 e. The van der Waals surface area contributed by atoms with Crippen molar-refractivity contribution in [3.63, 3.8) is 0 Å². The van der Waals surface area contributed by atoms with Gasteiger partial charge in [-0.05, 0) is 42.0 Å². The SMILES string of the molecule is O=C1N[C@H](c2ccccc2Cl)c2c(NC(=O)N3C[C@](O)(C(F)(F)F)c4cc(F)ccc43)cccc21. The van der Waals surface area contributed by atoms with Crippen LogP contribution in [-0.2, 0) is 5.60 Å². The fourth-order valence-corrected chi connectivity index (χ4v) is 4.73. The largest absolute Gasteiger partial charge is 0.423 e. The van der Waals surface area contributed by atoms with Crippen molar-refractivity contribution in [1.29, 1.82) is 0 Å². The first-order valence-electron chi connectivity index (χ1n) is 10.4. The minimum absolute atomic E-state index is 0.168. The van der Waals surface area contributed by atoms with E-state index in [0.29, 0.717) is 27.1 Å². The van der Waals surface area contributed by atoms with Crippen molar-refractivity contribution in [2.75, 3.05) is 16.8 Å². The molecule has 0 saturated carbocycles. The van der Waals surface area contributed by atoms with Gasteiger partial charge >= 0.3 is 12.2 Å². The molecule has 2 heterocycles. The maximum Gasteiger partial charge on any atom is 0.423 e. The molecule has 35 heavy (non-hydrogen) atoms. The molecule has 11 heteroatoms. The summed E-state index contributed by atoms with van der Waals surface area (Å²) in [4.78, 5) is 26.4. The third-order valence-corrected chi connectivity index (χ3v) is 6.51. The molecule has 3 aromatic carbocycles. The van der Waals surface area contributed by atoms with Gasteiger partial charge < -0.3 is 15.7 Å². The lowest BCUT2D eigenvalue weighted by Crippen LogP contribution is -2.48. The van der Waals surface area contributed by atoms with Gasteiger partial charge in [0.2, 0.25) is 5.60 Å². The van der Waals surface area contributed by atoms with Crippen LogP contribution < -0.4 is 15.5 Å². The van der Waals surface area contributed by atoms with Gasteiger partial charge in [0.15, 0.2) is 0 Å². The first kappa shape index (κ1) is 23.1. The number of anilines is 2. The molecule has 2 aliphatic rings. The van der Waals surface area contributed by atoms with Crippen molar-refractivity contribution in [1.82, 2.24) is 5.32 Å². The highest BCUT2D eigenvalue weighted by molar-refractivity contribution is 6.31. The summed E-state index contributed by atoms with van der Waals surface area (Å²) in [6.45, 7) is -1.17. The van der Waals surface area contributed by atoms with E-state index in [-0.39, 0.29) is 16.9 Å². The molecule has 0 radical (unpaired) electrons. The molecule has 0 unspecified atom stereocenters. The van der Waals surface area contributed by atoms with Gasteiger partial charge in [-0.15, -0.1) is 0 Å². The molecule has 3 aromatic rings. The number of fused-ring (bicyclic) bond motifs is 2. The van der Waals surface area contributed by atoms with E-state index in [1.165, 1.54) is 12.1 Å². The second-order valence-corrected chi connectivity index (χ2v) is 8.64. The number of hydrogen-bond acceptors (Lipinski definition) is 3. The number of nitrogens with zero attached hydrogens (tertiary/aromatic N) is 1. The molecule has 3 amide bonds. The molecule has 2 aliphatic heterocycles. The molecule has 0 saturated heterocycles. The van der Waals surface area contributed by atoms with Crippen LogP contribution in [0.15, 0.2) is 60.7 Å². The van der Waals surface area contributed by atoms with E-state index in [0.717, 1.165) is 12.1 Å². The van der Waals surface area contributed by atoms with Gasteiger partial charge in [0.05, 0.1) is 18.3 Å². The molecule has 0 spiro atoms. The minimum Gasteiger partial charge on any atom is -0.375 e. The quantitative estimate of drug-likeness (QED) is 0.423. The number of β-amino-alcohol motifs (C(OH)–C–C–N with tert-alkyl or cyclic N) is 1. The zero-order valence-corrected chi connectivity index (χ0v) is 18.4. The lowest BCUT2D eigenvalue weighted by molar-refractivity contribution is -0.258. The van der Waals surface area contributed by atoms with E-state index in [1.807, 2.05) is 0 Å². The Labute approximate surface area is 201 Å². The topological polar surface area (TPSA) is 81.7 Å². The monoisotopic (exact) mass is 505 g/mol. The van der Waals surface area contributed by atoms with Crippen LogP contribution in [-0.4, -0.2) is 29.8 Å². The van der Waals surface area contributed by atoms with Crippen LogP contribution in [0.4, 0.5) is 33.7 Å². The van der Waals surface area contributed by atoms with Crippen LogP contribution in [0.3, 0.4) is 0 Å². The van der Waals surface area contributed by atoms with E-state index in [1.54, 1.807) is 30.3 Å². The average molecular weight is 506 g/mol. The molecule has 2 atom stereocenters. The summed E-state index contributed by atoms with van der Waals surface area (Å²) in [5, 5.41) is 16.1. The lowest BCUT2D eigenvalue weighted by atomic mass is 9.95. The summed E-state index contributed by atoms with van der Waals surface area (Å²) >= 11 is 6.31. The lowest BCUT2D eigenvalue weighted by Gasteiger charge is -2.27. The maximum absolute atomic E-state index is 13.7. The zero-order valence-electron chi connectivity index (χ0n) is 17.7. The van der Waals surface area contributed by atoms with Gasteiger partial charge in [-0.2, -0.15) is 13.2 Å². The number of carbonyl (C=O) groups is 2. The van der Waals surface area contributed by atoms with E-state index < -0.39 is 47.7 Å². The average Bonchev–Trinajstić information content (AvgIpc) is 3.30. The van der Waals surface area contributed by atoms with Crippen molar-refractivity contribution in [3.8, 4) is 0 Å². The Bertz CT molecular complexity index is 1380. The molecule has 0 bridgehead atoms. The predicted molar refractivity (Wildman–Crippen MR) is 120 cm³/mol. The van der Waals surface area contributed by atoms with Crippen LogP contribution in [0.2, 0.25) is 5.02 Å². The van der Waals surface area contributed by atoms with Crippen LogP contribution in [0.5, 0.6) is 0 Å². The first-order valence-corrected chi connectivity index (χ1v) is 10.7. The van der Waals surface area contributed by atoms with Crippen molar-refractivity contribution >= 4 is 34.9 Å². The third-order valence-electron chi connectivity index (χ3n) is 6.17. The number of nitrogens with one attached hydrogen (secondary N) is 2. The molecule has 0 fully saturated rings. The van der Waals surface area contributed by atoms with Gasteiger partial charge in [0.1, 0.15) is 5.82 Å². The summed E-state index contributed by atoms with van der Waals surface area (Å²) < 4.78 is 54.9. The maximum atomic E-state index is 13.7. The zero-order chi connectivity index (χ0) is 25.1. The Kier molecular flexibility index (Phi) is 5.26. The standard InChI is InChI=1S/C24H16ClF4N3O3/c25-16-6-2-1-4-13(16)20-19-14(21(33)31-20)5-3-7-17(19)30-22(34)32-11-23(35,24(27,28)29)15-10-12(26)8-9-18(15)32/h1-10,20,35H,11H2,(H,30,34)(H,31,33)/t20-,23-/m1/s1. The summed E-state index contributed by atoms with van der Waals surface area (Å²) in [5.74, 6) is -1.39. The van der Waals surface area contributed by atoms with Gasteiger partial charge in [-0.1, -0.05) is 35.9 Å². The molecular weight excluding hydrogens is 490 g/mol. The van der Waals surface area contributed by atoms with Crippen molar-refractivity contribution in [3.05, 3.63) is 93.8 Å². The second-order valence-electron chi connectivity index (χ2n) is 8.23. The van der Waals surface area contributed by atoms with Crippen LogP contribution in [0.25, 0.3) is 0 Å². The number of hydrogen-bond donors (Lipinski definition) is 3. The highest BCUT2D eigenvalue weighted by atomic mass is 35.5. The Morgan fingerprint density at radius 2 is 1.89 bits per heavy atom. The Morgan fingerprint density at radius 3 is 2.60 bits per heavy atom. The number of rotatable bonds is 2. The highest BCUT2D eigenvalue weighted by Gasteiger charge is 2.61. The Morgan fingerprint density at radius 1 is 1.14 bits per heavy atom. The van der Waals surface area contributed by atoms with E-state index in [2.05, 4.69) is 10.6 Å². The van der Waals surface area contributed by atoms with Gasteiger partial charge in [0.25, 0.3) is 5.91 Å². The molecule has 0 aromatic heterocycles. The number of carbonyl (C=O) groups excluding carboxylic acids is 2. The number of amides is 3. The van der Waals surface area contributed by atoms with E-state index >= 15 is 0 Å². The summed E-state index contributed by atoms with van der Waals surface area (Å²) in [7, 11) is 0. The molecule has 3 N–H and O–H groups in total. The first-order chi connectivity index (χ1) is 16.5. The number of benzene rings is 3. The van der Waals surface area contributed by atoms with Crippen molar-refractivity contribution in [2.45, 2.75) is 17.8 Å². The Hall–Kier alpha value is -3.63. The van der Waals surface area contributed by atoms with Crippen molar-refractivity contribution in [2.24, 2.45) is 0 Å². The minimum atomic E-state index is -5.16. The molecular formula is C24H16ClF4N3O3. The van der Waals surface area contributed by atoms with Crippen LogP contribution >= 0.6 is 11.6 Å². The van der Waals surface area contributed by atoms with E-state index in [9.17, 15) is 32.3 Å². The normalized spacial score (nSPS) is 20.9. The number of halogens is 5. The van der Waals surface area contributed by atoms with Gasteiger partial charge in [-0.3, -0.25) is 9.69 Å². The second kappa shape index (κ2) is 7.96. The molecule has 0 aliphatic carbocycles. The molecule has 5 rings (SSSR count). The fraction of sp³-hybridized carbons (Fsp3) is 0.167. The third kappa shape index (κ3) is 3.60. The highest BCUT2D eigenvalue weighted by Crippen LogP contribution is 2.49. The summed E-state index contributed by atoms with van der Waals surface area (Å²) in [6, 6.07) is 12.1. The van der Waals surface area contributed by atoms with E-state index in [4.69, 9.17) is 11.6 Å². The molecule has 180 valence electrons. The summed E-state index contributed by atoms with van der Waals surface area (Å²) in [6.07, 6.45) is -5.16. The fourth-order valence-electron chi connectivity index (χ4n) is 4.49. The summed E-state index contributed by atoms with van der Waals surface area (Å²) in [5.41, 5.74) is -3.10. The van der Waals surface area contributed by atoms with Crippen molar-refractivity contribution < 1.29 is 32.3 Å². The number of alkyl halides is 3. The number of aliphatic hydroxyl groups is 1. The van der Waals surface area contributed by atoms with Crippen LogP contribution in [0, 0.1) is 5.82 Å². The molecule has 6 nitrogen and oxygen atoms in total. The van der Waals surface area contributed by atoms with Crippen LogP contribution in [0.1, 0.15) is 33.1 Å². The van der Waals surface area contributed by atoms with Gasteiger partial charge in [-0.25, -0.2) is 9.18 Å².